The van der Waals surface area contributed by atoms with Crippen molar-refractivity contribution in [1.29, 1.82) is 0 Å². The third kappa shape index (κ3) is 3.78. The molecule has 1 aromatic heterocycles. The molecule has 106 valence electrons. The molecular formula is C16H20N2O2. The number of amides is 1. The lowest BCUT2D eigenvalue weighted by Gasteiger charge is -2.13. The lowest BCUT2D eigenvalue weighted by Crippen LogP contribution is -2.34. The number of para-hydroxylation sites is 1. The zero-order valence-corrected chi connectivity index (χ0v) is 11.8. The van der Waals surface area contributed by atoms with E-state index in [1.807, 2.05) is 44.2 Å². The zero-order valence-electron chi connectivity index (χ0n) is 11.8. The number of carbonyl (C=O) groups excluding carboxylic acids is 1. The first kappa shape index (κ1) is 14.5. The van der Waals surface area contributed by atoms with Crippen molar-refractivity contribution in [3.8, 4) is 0 Å². The number of pyridine rings is 1. The van der Waals surface area contributed by atoms with E-state index in [9.17, 15) is 9.90 Å². The van der Waals surface area contributed by atoms with Crippen LogP contribution in [-0.4, -0.2) is 22.1 Å². The number of nitrogens with one attached hydrogen (secondary N) is 1. The summed E-state index contributed by atoms with van der Waals surface area (Å²) in [5.41, 5.74) is 1.86. The molecule has 4 heteroatoms. The van der Waals surface area contributed by atoms with Crippen molar-refractivity contribution in [2.75, 3.05) is 0 Å². The number of aliphatic hydroxyl groups is 1. The summed E-state index contributed by atoms with van der Waals surface area (Å²) in [6.45, 7) is 4.33. The molecule has 0 saturated carbocycles. The summed E-state index contributed by atoms with van der Waals surface area (Å²) in [5, 5.41) is 13.5. The zero-order chi connectivity index (χ0) is 14.5. The minimum atomic E-state index is -0.941. The maximum atomic E-state index is 11.7. The van der Waals surface area contributed by atoms with Crippen LogP contribution in [-0.2, 0) is 11.3 Å². The van der Waals surface area contributed by atoms with E-state index in [-0.39, 0.29) is 11.8 Å². The van der Waals surface area contributed by atoms with E-state index >= 15 is 0 Å². The molecule has 0 aliphatic carbocycles. The molecule has 1 atom stereocenters. The van der Waals surface area contributed by atoms with Crippen LogP contribution in [0.2, 0.25) is 0 Å². The lowest BCUT2D eigenvalue weighted by atomic mass is 10.1. The van der Waals surface area contributed by atoms with E-state index in [4.69, 9.17) is 0 Å². The van der Waals surface area contributed by atoms with Gasteiger partial charge in [-0.05, 0) is 30.0 Å². The lowest BCUT2D eigenvalue weighted by molar-refractivity contribution is -0.130. The smallest absolute Gasteiger partial charge is 0.249 e. The van der Waals surface area contributed by atoms with Gasteiger partial charge in [-0.2, -0.15) is 0 Å². The molecule has 2 N–H and O–H groups in total. The second-order valence-electron chi connectivity index (χ2n) is 5.40. The van der Waals surface area contributed by atoms with Crippen LogP contribution < -0.4 is 5.32 Å². The van der Waals surface area contributed by atoms with E-state index in [0.29, 0.717) is 13.0 Å². The molecule has 0 unspecified atom stereocenters. The van der Waals surface area contributed by atoms with Crippen LogP contribution >= 0.6 is 0 Å². The van der Waals surface area contributed by atoms with Gasteiger partial charge >= 0.3 is 0 Å². The molecule has 0 aliphatic rings. The van der Waals surface area contributed by atoms with Crippen LogP contribution in [0.25, 0.3) is 10.9 Å². The summed E-state index contributed by atoms with van der Waals surface area (Å²) >= 11 is 0. The van der Waals surface area contributed by atoms with Crippen LogP contribution in [0.5, 0.6) is 0 Å². The minimum absolute atomic E-state index is 0.290. The van der Waals surface area contributed by atoms with Gasteiger partial charge < -0.3 is 10.4 Å². The second-order valence-corrected chi connectivity index (χ2v) is 5.40. The standard InChI is InChI=1S/C16H20N2O2/c1-11(2)7-15(19)16(20)18-10-12-8-13-5-3-4-6-14(13)17-9-12/h3-6,8-9,11,15,19H,7,10H2,1-2H3,(H,18,20)/t15-/m0/s1. The number of hydrogen-bond acceptors (Lipinski definition) is 3. The molecule has 20 heavy (non-hydrogen) atoms. The van der Waals surface area contributed by atoms with Gasteiger partial charge in [-0.15, -0.1) is 0 Å². The van der Waals surface area contributed by atoms with E-state index < -0.39 is 6.10 Å². The monoisotopic (exact) mass is 272 g/mol. The van der Waals surface area contributed by atoms with Crippen molar-refractivity contribution in [3.05, 3.63) is 42.1 Å². The van der Waals surface area contributed by atoms with Gasteiger partial charge in [0, 0.05) is 18.1 Å². The fourth-order valence-corrected chi connectivity index (χ4v) is 2.07. The Labute approximate surface area is 118 Å². The Balaban J connectivity index is 1.97. The van der Waals surface area contributed by atoms with Crippen LogP contribution in [0.3, 0.4) is 0 Å². The first-order valence-electron chi connectivity index (χ1n) is 6.85. The number of aliphatic hydroxyl groups excluding tert-OH is 1. The van der Waals surface area contributed by atoms with Crippen molar-refractivity contribution in [2.45, 2.75) is 32.9 Å². The van der Waals surface area contributed by atoms with Crippen LogP contribution in [0.15, 0.2) is 36.5 Å². The Bertz CT molecular complexity index is 596. The number of carbonyl (C=O) groups is 1. The fourth-order valence-electron chi connectivity index (χ4n) is 2.07. The van der Waals surface area contributed by atoms with Crippen molar-refractivity contribution in [1.82, 2.24) is 10.3 Å². The summed E-state index contributed by atoms with van der Waals surface area (Å²) in [7, 11) is 0. The first-order valence-corrected chi connectivity index (χ1v) is 6.85. The van der Waals surface area contributed by atoms with Crippen LogP contribution in [0, 0.1) is 5.92 Å². The highest BCUT2D eigenvalue weighted by Crippen LogP contribution is 2.12. The summed E-state index contributed by atoms with van der Waals surface area (Å²) in [4.78, 5) is 16.1. The maximum absolute atomic E-state index is 11.7. The number of aromatic nitrogens is 1. The van der Waals surface area contributed by atoms with Gasteiger partial charge in [0.05, 0.1) is 5.52 Å². The maximum Gasteiger partial charge on any atom is 0.249 e. The quantitative estimate of drug-likeness (QED) is 0.877. The summed E-state index contributed by atoms with van der Waals surface area (Å²) in [6, 6.07) is 9.83. The molecule has 0 bridgehead atoms. The second kappa shape index (κ2) is 6.48. The Kier molecular flexibility index (Phi) is 4.69. The molecule has 2 rings (SSSR count). The van der Waals surface area contributed by atoms with Gasteiger partial charge in [0.25, 0.3) is 0 Å². The van der Waals surface area contributed by atoms with Crippen molar-refractivity contribution in [3.63, 3.8) is 0 Å². The Morgan fingerprint density at radius 2 is 2.10 bits per heavy atom. The van der Waals surface area contributed by atoms with Crippen molar-refractivity contribution >= 4 is 16.8 Å². The largest absolute Gasteiger partial charge is 0.383 e. The fraction of sp³-hybridized carbons (Fsp3) is 0.375. The van der Waals surface area contributed by atoms with Gasteiger partial charge in [0.1, 0.15) is 6.10 Å². The molecule has 1 amide bonds. The topological polar surface area (TPSA) is 62.2 Å². The number of nitrogens with zero attached hydrogens (tertiary/aromatic N) is 1. The molecule has 0 radical (unpaired) electrons. The van der Waals surface area contributed by atoms with Gasteiger partial charge in [-0.3, -0.25) is 9.78 Å². The highest BCUT2D eigenvalue weighted by molar-refractivity contribution is 5.81. The Morgan fingerprint density at radius 3 is 2.85 bits per heavy atom. The van der Waals surface area contributed by atoms with Crippen molar-refractivity contribution < 1.29 is 9.90 Å². The van der Waals surface area contributed by atoms with E-state index in [0.717, 1.165) is 16.5 Å². The molecule has 0 spiro atoms. The highest BCUT2D eigenvalue weighted by atomic mass is 16.3. The average Bonchev–Trinajstić information content (AvgIpc) is 2.43. The predicted molar refractivity (Wildman–Crippen MR) is 79.1 cm³/mol. The highest BCUT2D eigenvalue weighted by Gasteiger charge is 2.15. The molecular weight excluding hydrogens is 252 g/mol. The Morgan fingerprint density at radius 1 is 1.35 bits per heavy atom. The van der Waals surface area contributed by atoms with Crippen molar-refractivity contribution in [2.24, 2.45) is 5.92 Å². The van der Waals surface area contributed by atoms with E-state index in [1.165, 1.54) is 0 Å². The van der Waals surface area contributed by atoms with Crippen LogP contribution in [0.1, 0.15) is 25.8 Å². The van der Waals surface area contributed by atoms with Gasteiger partial charge in [-0.25, -0.2) is 0 Å². The molecule has 4 nitrogen and oxygen atoms in total. The number of hydrogen-bond donors (Lipinski definition) is 2. The SMILES string of the molecule is CC(C)C[C@H](O)C(=O)NCc1cnc2ccccc2c1. The average molecular weight is 272 g/mol. The predicted octanol–water partition coefficient (Wildman–Crippen LogP) is 2.26. The summed E-state index contributed by atoms with van der Waals surface area (Å²) < 4.78 is 0. The molecule has 1 aromatic carbocycles. The third-order valence-electron chi connectivity index (χ3n) is 3.11. The molecule has 2 aromatic rings. The number of rotatable bonds is 5. The third-order valence-corrected chi connectivity index (χ3v) is 3.11. The van der Waals surface area contributed by atoms with Gasteiger partial charge in [0.15, 0.2) is 0 Å². The molecule has 1 heterocycles. The van der Waals surface area contributed by atoms with Gasteiger partial charge in [0.2, 0.25) is 5.91 Å². The van der Waals surface area contributed by atoms with Crippen LogP contribution in [0.4, 0.5) is 0 Å². The van der Waals surface area contributed by atoms with E-state index in [1.54, 1.807) is 6.20 Å². The molecule has 0 fully saturated rings. The van der Waals surface area contributed by atoms with Gasteiger partial charge in [-0.1, -0.05) is 32.0 Å². The van der Waals surface area contributed by atoms with E-state index in [2.05, 4.69) is 10.3 Å². The summed E-state index contributed by atoms with van der Waals surface area (Å²) in [5.74, 6) is -0.0371. The first-order chi connectivity index (χ1) is 9.56. The minimum Gasteiger partial charge on any atom is -0.383 e. The molecule has 0 aliphatic heterocycles. The number of benzene rings is 1. The number of fused-ring (bicyclic) bond motifs is 1. The normalized spacial score (nSPS) is 12.6. The molecule has 0 saturated heterocycles. The Hall–Kier alpha value is -1.94. The summed E-state index contributed by atoms with van der Waals surface area (Å²) in [6.07, 6.45) is 1.28.